The summed E-state index contributed by atoms with van der Waals surface area (Å²) in [6.07, 6.45) is -4.34. The largest absolute Gasteiger partial charge is 0.416 e. The number of guanidine groups is 2. The van der Waals surface area contributed by atoms with Gasteiger partial charge in [-0.05, 0) is 42.3 Å². The standard InChI is InChI=1S/C22H25F3N6O/c1-2-15-6-8-17(9-7-15)27-20-28-19(26)29-21(30-10-12-32-13-11-30)31(20)18-5-3-4-16(14-18)22(23,24)25/h3-9,14,20,27H,2,10-13H2,1H3,(H2,26,28). The van der Waals surface area contributed by atoms with Crippen molar-refractivity contribution in [2.45, 2.75) is 25.8 Å². The van der Waals surface area contributed by atoms with Crippen LogP contribution in [0.5, 0.6) is 0 Å². The molecule has 7 nitrogen and oxygen atoms in total. The maximum absolute atomic E-state index is 13.4. The zero-order valence-electron chi connectivity index (χ0n) is 17.6. The molecule has 10 heteroatoms. The molecule has 3 N–H and O–H groups in total. The molecule has 2 aliphatic heterocycles. The van der Waals surface area contributed by atoms with Gasteiger partial charge in [0.05, 0.1) is 18.8 Å². The monoisotopic (exact) mass is 446 g/mol. The lowest BCUT2D eigenvalue weighted by atomic mass is 10.1. The van der Waals surface area contributed by atoms with Gasteiger partial charge in [0.1, 0.15) is 0 Å². The molecule has 0 aromatic heterocycles. The van der Waals surface area contributed by atoms with E-state index < -0.39 is 18.0 Å². The summed E-state index contributed by atoms with van der Waals surface area (Å²) >= 11 is 0. The minimum Gasteiger partial charge on any atom is -0.378 e. The van der Waals surface area contributed by atoms with Gasteiger partial charge in [-0.3, -0.25) is 4.90 Å². The van der Waals surface area contributed by atoms with Crippen LogP contribution < -0.4 is 16.0 Å². The third-order valence-corrected chi connectivity index (χ3v) is 5.33. The fourth-order valence-electron chi connectivity index (χ4n) is 3.64. The highest BCUT2D eigenvalue weighted by molar-refractivity contribution is 6.06. The van der Waals surface area contributed by atoms with Crippen molar-refractivity contribution in [3.05, 3.63) is 59.7 Å². The van der Waals surface area contributed by atoms with Crippen LogP contribution in [0.4, 0.5) is 24.5 Å². The second kappa shape index (κ2) is 9.07. The summed E-state index contributed by atoms with van der Waals surface area (Å²) in [5, 5.41) is 3.28. The van der Waals surface area contributed by atoms with E-state index in [9.17, 15) is 13.2 Å². The molecular weight excluding hydrogens is 421 g/mol. The lowest BCUT2D eigenvalue weighted by Gasteiger charge is -2.41. The van der Waals surface area contributed by atoms with Crippen molar-refractivity contribution in [3.63, 3.8) is 0 Å². The van der Waals surface area contributed by atoms with Crippen LogP contribution in [-0.4, -0.2) is 49.4 Å². The summed E-state index contributed by atoms with van der Waals surface area (Å²) in [6, 6.07) is 12.9. The minimum atomic E-state index is -4.47. The number of benzene rings is 2. The van der Waals surface area contributed by atoms with Gasteiger partial charge >= 0.3 is 6.18 Å². The van der Waals surface area contributed by atoms with E-state index in [2.05, 4.69) is 22.2 Å². The number of aryl methyl sites for hydroxylation is 1. The maximum atomic E-state index is 13.4. The number of hydrogen-bond donors (Lipinski definition) is 2. The average Bonchev–Trinajstić information content (AvgIpc) is 2.79. The molecule has 170 valence electrons. The molecule has 2 aromatic rings. The molecule has 1 unspecified atom stereocenters. The Balaban J connectivity index is 1.73. The Kier molecular flexibility index (Phi) is 6.22. The van der Waals surface area contributed by atoms with Crippen LogP contribution >= 0.6 is 0 Å². The van der Waals surface area contributed by atoms with Crippen molar-refractivity contribution in [2.24, 2.45) is 15.7 Å². The second-order valence-corrected chi connectivity index (χ2v) is 7.49. The summed E-state index contributed by atoms with van der Waals surface area (Å²) < 4.78 is 45.7. The number of alkyl halides is 3. The molecule has 1 atom stereocenters. The second-order valence-electron chi connectivity index (χ2n) is 7.49. The summed E-state index contributed by atoms with van der Waals surface area (Å²) in [5.41, 5.74) is 7.52. The molecule has 0 amide bonds. The number of morpholine rings is 1. The Hall–Kier alpha value is -3.27. The van der Waals surface area contributed by atoms with Crippen molar-refractivity contribution >= 4 is 23.3 Å². The third kappa shape index (κ3) is 4.80. The van der Waals surface area contributed by atoms with Gasteiger partial charge in [0.2, 0.25) is 18.2 Å². The number of aliphatic imine (C=N–C) groups is 2. The van der Waals surface area contributed by atoms with E-state index in [1.165, 1.54) is 11.6 Å². The quantitative estimate of drug-likeness (QED) is 0.752. The Morgan fingerprint density at radius 1 is 1.12 bits per heavy atom. The number of rotatable bonds is 4. The van der Waals surface area contributed by atoms with Gasteiger partial charge in [-0.1, -0.05) is 25.1 Å². The first-order valence-electron chi connectivity index (χ1n) is 10.4. The van der Waals surface area contributed by atoms with Gasteiger partial charge in [0.25, 0.3) is 0 Å². The van der Waals surface area contributed by atoms with Crippen molar-refractivity contribution in [3.8, 4) is 0 Å². The van der Waals surface area contributed by atoms with Crippen molar-refractivity contribution in [1.82, 2.24) is 4.90 Å². The van der Waals surface area contributed by atoms with Gasteiger partial charge in [0.15, 0.2) is 0 Å². The van der Waals surface area contributed by atoms with E-state index in [4.69, 9.17) is 10.5 Å². The fourth-order valence-corrected chi connectivity index (χ4v) is 3.64. The first kappa shape index (κ1) is 21.9. The number of halogens is 3. The molecule has 2 heterocycles. The molecule has 1 saturated heterocycles. The van der Waals surface area contributed by atoms with Crippen LogP contribution in [0.3, 0.4) is 0 Å². The molecule has 1 fully saturated rings. The highest BCUT2D eigenvalue weighted by atomic mass is 19.4. The Morgan fingerprint density at radius 2 is 1.84 bits per heavy atom. The zero-order valence-corrected chi connectivity index (χ0v) is 17.6. The van der Waals surface area contributed by atoms with E-state index >= 15 is 0 Å². The van der Waals surface area contributed by atoms with Crippen LogP contribution in [0, 0.1) is 0 Å². The van der Waals surface area contributed by atoms with Crippen LogP contribution in [0.1, 0.15) is 18.1 Å². The van der Waals surface area contributed by atoms with Crippen LogP contribution in [0.2, 0.25) is 0 Å². The van der Waals surface area contributed by atoms with Gasteiger partial charge in [-0.25, -0.2) is 4.99 Å². The molecule has 32 heavy (non-hydrogen) atoms. The number of nitrogens with one attached hydrogen (secondary N) is 1. The predicted octanol–water partition coefficient (Wildman–Crippen LogP) is 3.49. The summed E-state index contributed by atoms with van der Waals surface area (Å²) in [4.78, 5) is 12.4. The van der Waals surface area contributed by atoms with Gasteiger partial charge < -0.3 is 20.7 Å². The zero-order chi connectivity index (χ0) is 22.7. The maximum Gasteiger partial charge on any atom is 0.416 e. The summed E-state index contributed by atoms with van der Waals surface area (Å²) in [6.45, 7) is 4.13. The van der Waals surface area contributed by atoms with Crippen LogP contribution in [0.15, 0.2) is 58.5 Å². The highest BCUT2D eigenvalue weighted by Gasteiger charge is 2.35. The van der Waals surface area contributed by atoms with Crippen molar-refractivity contribution in [2.75, 3.05) is 36.5 Å². The highest BCUT2D eigenvalue weighted by Crippen LogP contribution is 2.33. The van der Waals surface area contributed by atoms with E-state index in [-0.39, 0.29) is 5.96 Å². The Bertz CT molecular complexity index is 999. The Morgan fingerprint density at radius 3 is 2.50 bits per heavy atom. The van der Waals surface area contributed by atoms with E-state index in [1.807, 2.05) is 29.2 Å². The predicted molar refractivity (Wildman–Crippen MR) is 119 cm³/mol. The normalized spacial score (nSPS) is 19.4. The topological polar surface area (TPSA) is 78.5 Å². The Labute approximate surface area is 184 Å². The molecule has 0 spiro atoms. The van der Waals surface area contributed by atoms with Crippen LogP contribution in [0.25, 0.3) is 0 Å². The summed E-state index contributed by atoms with van der Waals surface area (Å²) in [7, 11) is 0. The molecule has 0 bridgehead atoms. The lowest BCUT2D eigenvalue weighted by Crippen LogP contribution is -2.57. The van der Waals surface area contributed by atoms with Crippen LogP contribution in [-0.2, 0) is 17.3 Å². The molecule has 0 radical (unpaired) electrons. The number of nitrogens with zero attached hydrogens (tertiary/aromatic N) is 4. The number of ether oxygens (including phenoxy) is 1. The first-order chi connectivity index (χ1) is 15.3. The molecular formula is C22H25F3N6O. The molecule has 2 aliphatic rings. The van der Waals surface area contributed by atoms with E-state index in [0.717, 1.165) is 24.2 Å². The summed E-state index contributed by atoms with van der Waals surface area (Å²) in [5.74, 6) is 0.486. The number of nitrogens with two attached hydrogens (primary N) is 1. The fraction of sp³-hybridized carbons (Fsp3) is 0.364. The van der Waals surface area contributed by atoms with E-state index in [1.54, 1.807) is 11.0 Å². The molecule has 0 aliphatic carbocycles. The number of anilines is 2. The molecule has 2 aromatic carbocycles. The lowest BCUT2D eigenvalue weighted by molar-refractivity contribution is -0.137. The molecule has 0 saturated carbocycles. The third-order valence-electron chi connectivity index (χ3n) is 5.33. The van der Waals surface area contributed by atoms with Crippen molar-refractivity contribution < 1.29 is 17.9 Å². The average molecular weight is 446 g/mol. The van der Waals surface area contributed by atoms with Gasteiger partial charge in [-0.2, -0.15) is 18.2 Å². The van der Waals surface area contributed by atoms with Gasteiger partial charge in [0, 0.05) is 24.5 Å². The minimum absolute atomic E-state index is 0.0531. The number of hydrogen-bond acceptors (Lipinski definition) is 7. The van der Waals surface area contributed by atoms with Crippen molar-refractivity contribution in [1.29, 1.82) is 0 Å². The molecule has 4 rings (SSSR count). The first-order valence-corrected chi connectivity index (χ1v) is 10.4. The van der Waals surface area contributed by atoms with E-state index in [0.29, 0.717) is 38.0 Å². The smallest absolute Gasteiger partial charge is 0.378 e. The SMILES string of the molecule is CCc1ccc(NC2N=C(N)N=C(N3CCOCC3)N2c2cccc(C(F)(F)F)c2)cc1. The van der Waals surface area contributed by atoms with Gasteiger partial charge in [-0.15, -0.1) is 0 Å².